The van der Waals surface area contributed by atoms with Crippen molar-refractivity contribution < 1.29 is 9.53 Å². The molecule has 0 bridgehead atoms. The molecule has 1 rings (SSSR count). The number of hydrogen-bond acceptors (Lipinski definition) is 3. The van der Waals surface area contributed by atoms with Crippen LogP contribution in [0.1, 0.15) is 33.3 Å². The molecule has 0 spiro atoms. The van der Waals surface area contributed by atoms with Crippen molar-refractivity contribution in [1.29, 1.82) is 0 Å². The summed E-state index contributed by atoms with van der Waals surface area (Å²) in [6.45, 7) is 8.36. The molecular weight excluding hydrogens is 332 g/mol. The van der Waals surface area contributed by atoms with E-state index in [4.69, 9.17) is 10.5 Å². The number of carbonyl (C=O) groups is 1. The number of halogens is 1. The normalized spacial score (nSPS) is 16.1. The highest BCUT2D eigenvalue weighted by atomic mass is 79.9. The molecule has 1 aromatic carbocycles. The monoisotopic (exact) mass is 356 g/mol. The number of benzene rings is 1. The number of nitrogens with one attached hydrogen (secondary N) is 1. The Labute approximate surface area is 135 Å². The Hall–Kier alpha value is -0.910. The predicted molar refractivity (Wildman–Crippen MR) is 88.9 cm³/mol. The van der Waals surface area contributed by atoms with Crippen molar-refractivity contribution in [1.82, 2.24) is 5.32 Å². The van der Waals surface area contributed by atoms with E-state index in [9.17, 15) is 4.79 Å². The van der Waals surface area contributed by atoms with Gasteiger partial charge in [0.2, 0.25) is 5.91 Å². The van der Waals surface area contributed by atoms with Gasteiger partial charge in [-0.15, -0.1) is 0 Å². The Balaban J connectivity index is 2.76. The lowest BCUT2D eigenvalue weighted by Crippen LogP contribution is -2.52. The maximum Gasteiger partial charge on any atom is 0.244 e. The van der Waals surface area contributed by atoms with Crippen molar-refractivity contribution in [2.75, 3.05) is 13.7 Å². The van der Waals surface area contributed by atoms with Crippen molar-refractivity contribution in [3.05, 3.63) is 34.3 Å². The Morgan fingerprint density at radius 1 is 1.29 bits per heavy atom. The molecule has 0 aromatic heterocycles. The predicted octanol–water partition coefficient (Wildman–Crippen LogP) is 2.80. The van der Waals surface area contributed by atoms with Crippen molar-refractivity contribution in [2.45, 2.75) is 39.3 Å². The van der Waals surface area contributed by atoms with Crippen molar-refractivity contribution >= 4 is 21.8 Å². The highest BCUT2D eigenvalue weighted by molar-refractivity contribution is 9.10. The Bertz CT molecular complexity index is 478. The molecular formula is C16H25BrN2O2. The summed E-state index contributed by atoms with van der Waals surface area (Å²) < 4.78 is 6.39. The Morgan fingerprint density at radius 2 is 1.81 bits per heavy atom. The fraction of sp³-hybridized carbons (Fsp3) is 0.562. The van der Waals surface area contributed by atoms with Gasteiger partial charge < -0.3 is 15.8 Å². The number of carbonyl (C=O) groups excluding carboxylic acids is 1. The molecule has 0 heterocycles. The number of rotatable bonds is 5. The quantitative estimate of drug-likeness (QED) is 0.852. The maximum absolute atomic E-state index is 12.4. The minimum absolute atomic E-state index is 0.0510. The second kappa shape index (κ2) is 6.90. The van der Waals surface area contributed by atoms with Gasteiger partial charge in [0.05, 0.1) is 6.10 Å². The van der Waals surface area contributed by atoms with Crippen LogP contribution >= 0.6 is 15.9 Å². The van der Waals surface area contributed by atoms with Crippen molar-refractivity contribution in [3.63, 3.8) is 0 Å². The summed E-state index contributed by atoms with van der Waals surface area (Å²) in [6, 6.07) is 7.45. The van der Waals surface area contributed by atoms with Crippen LogP contribution in [0.5, 0.6) is 0 Å². The third-order valence-corrected chi connectivity index (χ3v) is 4.14. The van der Waals surface area contributed by atoms with Gasteiger partial charge in [-0.1, -0.05) is 48.8 Å². The van der Waals surface area contributed by atoms with Crippen LogP contribution in [0.2, 0.25) is 0 Å². The molecule has 5 heteroatoms. The average Bonchev–Trinajstić information content (AvgIpc) is 2.38. The smallest absolute Gasteiger partial charge is 0.244 e. The van der Waals surface area contributed by atoms with Crippen LogP contribution < -0.4 is 11.1 Å². The van der Waals surface area contributed by atoms with Gasteiger partial charge in [-0.25, -0.2) is 0 Å². The molecule has 1 aromatic rings. The summed E-state index contributed by atoms with van der Waals surface area (Å²) in [5.74, 6) is -0.212. The zero-order valence-corrected chi connectivity index (χ0v) is 15.0. The molecule has 2 atom stereocenters. The molecule has 0 saturated heterocycles. The number of hydrogen-bond donors (Lipinski definition) is 2. The first kappa shape index (κ1) is 18.1. The Kier molecular flexibility index (Phi) is 5.96. The summed E-state index contributed by atoms with van der Waals surface area (Å²) >= 11 is 3.37. The SMILES string of the molecule is COC(CNC(=O)C(C)(N)c1ccc(Br)cc1)C(C)(C)C. The standard InChI is InChI=1S/C16H25BrN2O2/c1-15(2,3)13(21-5)10-19-14(20)16(4,18)11-6-8-12(17)9-7-11/h6-9,13H,10,18H2,1-5H3,(H,19,20). The van der Waals surface area contributed by atoms with Gasteiger partial charge in [0, 0.05) is 18.1 Å². The van der Waals surface area contributed by atoms with Crippen LogP contribution in [-0.2, 0) is 15.1 Å². The molecule has 0 aliphatic carbocycles. The average molecular weight is 357 g/mol. The van der Waals surface area contributed by atoms with Crippen LogP contribution in [0.15, 0.2) is 28.7 Å². The Morgan fingerprint density at radius 3 is 2.24 bits per heavy atom. The highest BCUT2D eigenvalue weighted by Crippen LogP contribution is 2.23. The van der Waals surface area contributed by atoms with Crippen molar-refractivity contribution in [2.24, 2.45) is 11.1 Å². The van der Waals surface area contributed by atoms with E-state index in [1.807, 2.05) is 24.3 Å². The molecule has 0 aliphatic heterocycles. The largest absolute Gasteiger partial charge is 0.379 e. The molecule has 3 N–H and O–H groups in total. The van der Waals surface area contributed by atoms with E-state index >= 15 is 0 Å². The summed E-state index contributed by atoms with van der Waals surface area (Å²) in [7, 11) is 1.65. The molecule has 0 fully saturated rings. The third-order valence-electron chi connectivity index (χ3n) is 3.61. The van der Waals surface area contributed by atoms with Crippen LogP contribution in [0, 0.1) is 5.41 Å². The molecule has 0 saturated carbocycles. The number of ether oxygens (including phenoxy) is 1. The summed E-state index contributed by atoms with van der Waals surface area (Å²) in [6.07, 6.45) is -0.0674. The van der Waals surface area contributed by atoms with Gasteiger partial charge in [-0.05, 0) is 30.0 Å². The number of amides is 1. The molecule has 0 radical (unpaired) electrons. The van der Waals surface area contributed by atoms with Gasteiger partial charge in [0.1, 0.15) is 5.54 Å². The molecule has 21 heavy (non-hydrogen) atoms. The van der Waals surface area contributed by atoms with E-state index in [0.29, 0.717) is 6.54 Å². The second-order valence-electron chi connectivity index (χ2n) is 6.51. The van der Waals surface area contributed by atoms with E-state index in [1.165, 1.54) is 0 Å². The van der Waals surface area contributed by atoms with Crippen LogP contribution in [0.3, 0.4) is 0 Å². The summed E-state index contributed by atoms with van der Waals surface area (Å²) in [5.41, 5.74) is 5.85. The first-order valence-electron chi connectivity index (χ1n) is 6.95. The first-order chi connectivity index (χ1) is 9.59. The second-order valence-corrected chi connectivity index (χ2v) is 7.43. The lowest BCUT2D eigenvalue weighted by molar-refractivity contribution is -0.127. The van der Waals surface area contributed by atoms with Crippen LogP contribution in [0.4, 0.5) is 0 Å². The third kappa shape index (κ3) is 4.80. The maximum atomic E-state index is 12.4. The minimum atomic E-state index is -1.07. The molecule has 2 unspecified atom stereocenters. The summed E-state index contributed by atoms with van der Waals surface area (Å²) in [5, 5.41) is 2.89. The van der Waals surface area contributed by atoms with E-state index in [2.05, 4.69) is 42.0 Å². The lowest BCUT2D eigenvalue weighted by atomic mass is 9.88. The van der Waals surface area contributed by atoms with E-state index in [0.717, 1.165) is 10.0 Å². The minimum Gasteiger partial charge on any atom is -0.379 e. The number of methoxy groups -OCH3 is 1. The van der Waals surface area contributed by atoms with Gasteiger partial charge >= 0.3 is 0 Å². The van der Waals surface area contributed by atoms with Crippen molar-refractivity contribution in [3.8, 4) is 0 Å². The summed E-state index contributed by atoms with van der Waals surface area (Å²) in [4.78, 5) is 12.4. The fourth-order valence-electron chi connectivity index (χ4n) is 2.04. The zero-order chi connectivity index (χ0) is 16.3. The lowest BCUT2D eigenvalue weighted by Gasteiger charge is -2.31. The molecule has 0 aliphatic rings. The van der Waals surface area contributed by atoms with E-state index in [1.54, 1.807) is 14.0 Å². The molecule has 4 nitrogen and oxygen atoms in total. The molecule has 1 amide bonds. The van der Waals surface area contributed by atoms with Crippen LogP contribution in [0.25, 0.3) is 0 Å². The van der Waals surface area contributed by atoms with Gasteiger partial charge in [0.15, 0.2) is 0 Å². The van der Waals surface area contributed by atoms with E-state index in [-0.39, 0.29) is 17.4 Å². The van der Waals surface area contributed by atoms with E-state index < -0.39 is 5.54 Å². The number of nitrogens with two attached hydrogens (primary N) is 1. The highest BCUT2D eigenvalue weighted by Gasteiger charge is 2.32. The van der Waals surface area contributed by atoms with Crippen LogP contribution in [-0.4, -0.2) is 25.7 Å². The fourth-order valence-corrected chi connectivity index (χ4v) is 2.30. The zero-order valence-electron chi connectivity index (χ0n) is 13.4. The van der Waals surface area contributed by atoms with Gasteiger partial charge in [0.25, 0.3) is 0 Å². The van der Waals surface area contributed by atoms with Gasteiger partial charge in [-0.2, -0.15) is 0 Å². The first-order valence-corrected chi connectivity index (χ1v) is 7.74. The van der Waals surface area contributed by atoms with Gasteiger partial charge in [-0.3, -0.25) is 4.79 Å². The topological polar surface area (TPSA) is 64.3 Å². The molecule has 118 valence electrons.